The Labute approximate surface area is 112 Å². The second kappa shape index (κ2) is 6.03. The Morgan fingerprint density at radius 3 is 3.17 bits per heavy atom. The van der Waals surface area contributed by atoms with Gasteiger partial charge in [-0.15, -0.1) is 0 Å². The number of hydrogen-bond acceptors (Lipinski definition) is 4. The minimum absolute atomic E-state index is 0.305. The average Bonchev–Trinajstić information content (AvgIpc) is 2.77. The zero-order valence-corrected chi connectivity index (χ0v) is 11.2. The van der Waals surface area contributed by atoms with Crippen LogP contribution in [0.3, 0.4) is 0 Å². The van der Waals surface area contributed by atoms with Gasteiger partial charge in [-0.1, -0.05) is 11.6 Å². The molecule has 18 heavy (non-hydrogen) atoms. The van der Waals surface area contributed by atoms with Crippen LogP contribution < -0.4 is 4.74 Å². The second-order valence-corrected chi connectivity index (χ2v) is 4.88. The summed E-state index contributed by atoms with van der Waals surface area (Å²) in [6, 6.07) is 4.18. The summed E-state index contributed by atoms with van der Waals surface area (Å²) in [4.78, 5) is 6.40. The first kappa shape index (κ1) is 13.1. The number of nitrogens with zero attached hydrogens (tertiary/aromatic N) is 3. The van der Waals surface area contributed by atoms with Gasteiger partial charge in [0.25, 0.3) is 0 Å². The molecule has 1 aromatic rings. The third-order valence-corrected chi connectivity index (χ3v) is 3.70. The van der Waals surface area contributed by atoms with E-state index in [1.54, 1.807) is 12.3 Å². The van der Waals surface area contributed by atoms with Crippen LogP contribution in [0.2, 0.25) is 5.02 Å². The van der Waals surface area contributed by atoms with E-state index in [1.807, 2.05) is 6.07 Å². The highest BCUT2D eigenvalue weighted by Gasteiger charge is 2.20. The van der Waals surface area contributed by atoms with Gasteiger partial charge in [0.05, 0.1) is 12.2 Å². The zero-order valence-electron chi connectivity index (χ0n) is 10.4. The van der Waals surface area contributed by atoms with Crippen molar-refractivity contribution in [3.63, 3.8) is 0 Å². The maximum Gasteiger partial charge on any atom is 0.233 e. The highest BCUT2D eigenvalue weighted by Crippen LogP contribution is 2.25. The number of ether oxygens (including phenoxy) is 1. The number of aromatic nitrogens is 1. The molecule has 0 saturated carbocycles. The minimum Gasteiger partial charge on any atom is -0.477 e. The molecule has 2 rings (SSSR count). The first-order chi connectivity index (χ1) is 8.72. The van der Waals surface area contributed by atoms with Crippen LogP contribution in [0, 0.1) is 11.3 Å². The maximum absolute atomic E-state index is 8.85. The molecular weight excluding hydrogens is 250 g/mol. The number of halogens is 1. The van der Waals surface area contributed by atoms with Crippen molar-refractivity contribution in [2.75, 3.05) is 20.2 Å². The van der Waals surface area contributed by atoms with E-state index in [4.69, 9.17) is 21.6 Å². The number of likely N-dealkylation sites (tertiary alicyclic amines) is 1. The summed E-state index contributed by atoms with van der Waals surface area (Å²) in [5, 5.41) is 9.16. The molecule has 4 nitrogen and oxygen atoms in total. The Bertz CT molecular complexity index is 458. The molecule has 2 heterocycles. The van der Waals surface area contributed by atoms with Crippen molar-refractivity contribution in [1.82, 2.24) is 9.88 Å². The lowest BCUT2D eigenvalue weighted by Crippen LogP contribution is -2.26. The molecule has 0 radical (unpaired) electrons. The first-order valence-electron chi connectivity index (χ1n) is 6.10. The normalized spacial score (nSPS) is 19.7. The third-order valence-electron chi connectivity index (χ3n) is 3.34. The smallest absolute Gasteiger partial charge is 0.233 e. The summed E-state index contributed by atoms with van der Waals surface area (Å²) in [6.45, 7) is 1.74. The molecule has 0 N–H and O–H groups in total. The third kappa shape index (κ3) is 2.92. The highest BCUT2D eigenvalue weighted by atomic mass is 35.5. The fraction of sp³-hybridized carbons (Fsp3) is 0.538. The van der Waals surface area contributed by atoms with Gasteiger partial charge in [-0.3, -0.25) is 0 Å². The number of nitriles is 1. The maximum atomic E-state index is 8.85. The topological polar surface area (TPSA) is 49.1 Å². The van der Waals surface area contributed by atoms with E-state index in [2.05, 4.69) is 16.9 Å². The highest BCUT2D eigenvalue weighted by molar-refractivity contribution is 6.32. The molecule has 1 fully saturated rings. The Balaban J connectivity index is 1.89. The van der Waals surface area contributed by atoms with Gasteiger partial charge in [-0.2, -0.15) is 5.26 Å². The molecule has 1 aliphatic rings. The lowest BCUT2D eigenvalue weighted by molar-refractivity contribution is 0.228. The van der Waals surface area contributed by atoms with Crippen molar-refractivity contribution in [1.29, 1.82) is 5.26 Å². The largest absolute Gasteiger partial charge is 0.477 e. The molecule has 0 aliphatic carbocycles. The lowest BCUT2D eigenvalue weighted by Gasteiger charge is -2.19. The van der Waals surface area contributed by atoms with Gasteiger partial charge >= 0.3 is 0 Å². The monoisotopic (exact) mass is 265 g/mol. The molecule has 0 bridgehead atoms. The van der Waals surface area contributed by atoms with E-state index in [1.165, 1.54) is 12.8 Å². The number of rotatable bonds is 4. The second-order valence-electron chi connectivity index (χ2n) is 4.50. The van der Waals surface area contributed by atoms with Crippen LogP contribution in [0.5, 0.6) is 5.88 Å². The van der Waals surface area contributed by atoms with E-state index in [9.17, 15) is 0 Å². The molecule has 1 saturated heterocycles. The van der Waals surface area contributed by atoms with Crippen LogP contribution in [0.1, 0.15) is 24.8 Å². The van der Waals surface area contributed by atoms with Crippen LogP contribution in [0.4, 0.5) is 0 Å². The molecule has 1 unspecified atom stereocenters. The summed E-state index contributed by atoms with van der Waals surface area (Å²) in [6.07, 6.45) is 4.98. The van der Waals surface area contributed by atoms with Crippen LogP contribution in [0.25, 0.3) is 0 Å². The van der Waals surface area contributed by atoms with Crippen LogP contribution in [0.15, 0.2) is 12.3 Å². The first-order valence-corrected chi connectivity index (χ1v) is 6.48. The van der Waals surface area contributed by atoms with Gasteiger partial charge in [-0.05, 0) is 38.9 Å². The van der Waals surface area contributed by atoms with Crippen molar-refractivity contribution >= 4 is 11.6 Å². The summed E-state index contributed by atoms with van der Waals surface area (Å²) >= 11 is 6.01. The van der Waals surface area contributed by atoms with Gasteiger partial charge < -0.3 is 9.64 Å². The summed E-state index contributed by atoms with van der Waals surface area (Å²) in [5.74, 6) is 0.358. The van der Waals surface area contributed by atoms with E-state index in [0.29, 0.717) is 29.1 Å². The molecule has 1 aliphatic heterocycles. The van der Waals surface area contributed by atoms with Crippen LogP contribution in [-0.4, -0.2) is 36.1 Å². The predicted molar refractivity (Wildman–Crippen MR) is 69.7 cm³/mol. The van der Waals surface area contributed by atoms with E-state index >= 15 is 0 Å². The average molecular weight is 266 g/mol. The van der Waals surface area contributed by atoms with Gasteiger partial charge in [0.2, 0.25) is 5.88 Å². The molecule has 96 valence electrons. The lowest BCUT2D eigenvalue weighted by atomic mass is 10.1. The van der Waals surface area contributed by atoms with E-state index in [-0.39, 0.29) is 0 Å². The van der Waals surface area contributed by atoms with Crippen molar-refractivity contribution in [3.05, 3.63) is 22.8 Å². The fourth-order valence-electron chi connectivity index (χ4n) is 2.25. The Kier molecular flexibility index (Phi) is 4.40. The quantitative estimate of drug-likeness (QED) is 0.839. The van der Waals surface area contributed by atoms with Crippen molar-refractivity contribution in [2.24, 2.45) is 0 Å². The Morgan fingerprint density at radius 2 is 2.50 bits per heavy atom. The van der Waals surface area contributed by atoms with E-state index < -0.39 is 0 Å². The van der Waals surface area contributed by atoms with Crippen LogP contribution in [-0.2, 0) is 0 Å². The van der Waals surface area contributed by atoms with Gasteiger partial charge in [0.1, 0.15) is 11.1 Å². The summed E-state index contributed by atoms with van der Waals surface area (Å²) in [5.41, 5.74) is 0.402. The van der Waals surface area contributed by atoms with E-state index in [0.717, 1.165) is 13.0 Å². The molecule has 0 aromatic carbocycles. The minimum atomic E-state index is 0.305. The predicted octanol–water partition coefficient (Wildman–Crippen LogP) is 2.47. The molecule has 1 aromatic heterocycles. The molecule has 0 amide bonds. The Morgan fingerprint density at radius 1 is 1.67 bits per heavy atom. The summed E-state index contributed by atoms with van der Waals surface area (Å²) in [7, 11) is 2.14. The molecule has 5 heteroatoms. The summed E-state index contributed by atoms with van der Waals surface area (Å²) < 4.78 is 5.57. The van der Waals surface area contributed by atoms with Gasteiger partial charge in [0.15, 0.2) is 0 Å². The number of hydrogen-bond donors (Lipinski definition) is 0. The zero-order chi connectivity index (χ0) is 13.0. The molecule has 1 atom stereocenters. The molecule has 0 spiro atoms. The van der Waals surface area contributed by atoms with Crippen molar-refractivity contribution in [3.8, 4) is 11.9 Å². The van der Waals surface area contributed by atoms with Crippen molar-refractivity contribution in [2.45, 2.75) is 25.3 Å². The fourth-order valence-corrected chi connectivity index (χ4v) is 2.46. The van der Waals surface area contributed by atoms with Gasteiger partial charge in [-0.25, -0.2) is 4.98 Å². The van der Waals surface area contributed by atoms with Gasteiger partial charge in [0, 0.05) is 12.2 Å². The SMILES string of the molecule is CN1CCCC1CCOc1nccc(C#N)c1Cl. The van der Waals surface area contributed by atoms with Crippen molar-refractivity contribution < 1.29 is 4.74 Å². The molecular formula is C13H16ClN3O. The Hall–Kier alpha value is -1.31. The number of pyridine rings is 1. The standard InChI is InChI=1S/C13H16ClN3O/c1-17-7-2-3-11(17)5-8-18-13-12(14)10(9-15)4-6-16-13/h4,6,11H,2-3,5,7-8H2,1H3. The van der Waals surface area contributed by atoms with Crippen LogP contribution >= 0.6 is 11.6 Å².